The van der Waals surface area contributed by atoms with Crippen molar-refractivity contribution in [3.8, 4) is 0 Å². The number of nitrogens with one attached hydrogen (secondary N) is 1. The van der Waals surface area contributed by atoms with E-state index in [1.807, 2.05) is 24.3 Å². The van der Waals surface area contributed by atoms with Gasteiger partial charge in [-0.15, -0.1) is 0 Å². The molecule has 150 valence electrons. The van der Waals surface area contributed by atoms with Crippen LogP contribution in [0.4, 0.5) is 10.1 Å². The normalized spacial score (nSPS) is 18.6. The van der Waals surface area contributed by atoms with E-state index in [0.717, 1.165) is 41.8 Å². The Hall–Kier alpha value is -2.60. The van der Waals surface area contributed by atoms with Crippen molar-refractivity contribution in [1.82, 2.24) is 5.32 Å². The molecule has 0 radical (unpaired) electrons. The molecule has 1 N–H and O–H groups in total. The largest absolute Gasteiger partial charge is 0.350 e. The van der Waals surface area contributed by atoms with Crippen LogP contribution < -0.4 is 10.2 Å². The van der Waals surface area contributed by atoms with E-state index in [4.69, 9.17) is 0 Å². The summed E-state index contributed by atoms with van der Waals surface area (Å²) in [6.07, 6.45) is 6.90. The molecule has 0 atom stereocenters. The number of amides is 2. The number of anilines is 1. The second-order valence-electron chi connectivity index (χ2n) is 7.44. The number of halogens is 1. The highest BCUT2D eigenvalue weighted by Gasteiger charge is 2.30. The average molecular weight is 411 g/mol. The van der Waals surface area contributed by atoms with Crippen LogP contribution in [0.2, 0.25) is 0 Å². The first-order valence-corrected chi connectivity index (χ1v) is 10.8. The Morgan fingerprint density at radius 3 is 2.59 bits per heavy atom. The highest BCUT2D eigenvalue weighted by Crippen LogP contribution is 2.41. The van der Waals surface area contributed by atoms with E-state index in [1.165, 1.54) is 36.4 Å². The monoisotopic (exact) mass is 410 g/mol. The molecule has 0 spiro atoms. The van der Waals surface area contributed by atoms with Gasteiger partial charge < -0.3 is 10.2 Å². The first kappa shape index (κ1) is 19.7. The number of benzene rings is 2. The maximum atomic E-state index is 13.2. The lowest BCUT2D eigenvalue weighted by Crippen LogP contribution is -2.37. The predicted molar refractivity (Wildman–Crippen MR) is 113 cm³/mol. The summed E-state index contributed by atoms with van der Waals surface area (Å²) in [5.74, 6) is -0.736. The smallest absolute Gasteiger partial charge is 0.265 e. The number of hydrogen-bond acceptors (Lipinski definition) is 3. The van der Waals surface area contributed by atoms with Crippen LogP contribution in [-0.2, 0) is 16.1 Å². The number of rotatable bonds is 4. The van der Waals surface area contributed by atoms with Crippen molar-refractivity contribution >= 4 is 29.3 Å². The molecule has 4 rings (SSSR count). The van der Waals surface area contributed by atoms with Gasteiger partial charge in [0, 0.05) is 17.0 Å². The third-order valence-corrected chi connectivity index (χ3v) is 6.38. The van der Waals surface area contributed by atoms with Gasteiger partial charge >= 0.3 is 0 Å². The summed E-state index contributed by atoms with van der Waals surface area (Å²) in [6.45, 7) is 0.318. The topological polar surface area (TPSA) is 49.4 Å². The number of hydrogen-bond donors (Lipinski definition) is 1. The van der Waals surface area contributed by atoms with E-state index in [2.05, 4.69) is 5.32 Å². The minimum Gasteiger partial charge on any atom is -0.350 e. The van der Waals surface area contributed by atoms with Crippen LogP contribution >= 0.6 is 11.8 Å². The minimum absolute atomic E-state index is 0.194. The maximum absolute atomic E-state index is 13.2. The van der Waals surface area contributed by atoms with Crippen LogP contribution in [0.3, 0.4) is 0 Å². The SMILES string of the molecule is O=C(C=C1Sc2ccccc2N(Cc2ccc(F)cc2)C1=O)NC1CCCCC1. The summed E-state index contributed by atoms with van der Waals surface area (Å²) in [5, 5.41) is 3.04. The van der Waals surface area contributed by atoms with Crippen molar-refractivity contribution in [2.24, 2.45) is 0 Å². The predicted octanol–water partition coefficient (Wildman–Crippen LogP) is 4.80. The molecule has 1 aliphatic heterocycles. The van der Waals surface area contributed by atoms with E-state index in [1.54, 1.807) is 17.0 Å². The molecule has 6 heteroatoms. The Balaban J connectivity index is 1.57. The molecule has 1 fully saturated rings. The Kier molecular flexibility index (Phi) is 6.00. The van der Waals surface area contributed by atoms with Crippen LogP contribution in [0.15, 0.2) is 64.4 Å². The van der Waals surface area contributed by atoms with E-state index >= 15 is 0 Å². The van der Waals surface area contributed by atoms with Crippen molar-refractivity contribution < 1.29 is 14.0 Å². The van der Waals surface area contributed by atoms with Crippen LogP contribution in [0.5, 0.6) is 0 Å². The first-order valence-electron chi connectivity index (χ1n) is 9.95. The fraction of sp³-hybridized carbons (Fsp3) is 0.304. The van der Waals surface area contributed by atoms with Gasteiger partial charge in [0.25, 0.3) is 5.91 Å². The molecule has 0 saturated heterocycles. The second-order valence-corrected chi connectivity index (χ2v) is 8.52. The van der Waals surface area contributed by atoms with E-state index in [-0.39, 0.29) is 23.7 Å². The van der Waals surface area contributed by atoms with E-state index < -0.39 is 0 Å². The molecule has 2 aliphatic rings. The average Bonchev–Trinajstić information content (AvgIpc) is 2.73. The molecule has 0 aromatic heterocycles. The Morgan fingerprint density at radius 2 is 1.83 bits per heavy atom. The quantitative estimate of drug-likeness (QED) is 0.737. The van der Waals surface area contributed by atoms with Crippen molar-refractivity contribution in [2.45, 2.75) is 49.6 Å². The van der Waals surface area contributed by atoms with Gasteiger partial charge in [0.2, 0.25) is 5.91 Å². The number of thioether (sulfide) groups is 1. The summed E-state index contributed by atoms with van der Waals surface area (Å²) in [5.41, 5.74) is 1.63. The number of nitrogens with zero attached hydrogens (tertiary/aromatic N) is 1. The summed E-state index contributed by atoms with van der Waals surface area (Å²) in [6, 6.07) is 13.9. The molecular weight excluding hydrogens is 387 g/mol. The maximum Gasteiger partial charge on any atom is 0.265 e. The van der Waals surface area contributed by atoms with Gasteiger partial charge in [0.1, 0.15) is 5.82 Å². The van der Waals surface area contributed by atoms with Crippen molar-refractivity contribution in [3.05, 3.63) is 70.9 Å². The number of carbonyl (C=O) groups is 2. The van der Waals surface area contributed by atoms with E-state index in [9.17, 15) is 14.0 Å². The zero-order chi connectivity index (χ0) is 20.2. The van der Waals surface area contributed by atoms with Gasteiger partial charge in [-0.2, -0.15) is 0 Å². The van der Waals surface area contributed by atoms with Gasteiger partial charge in [-0.05, 0) is 42.7 Å². The Bertz CT molecular complexity index is 936. The van der Waals surface area contributed by atoms with Gasteiger partial charge in [0.15, 0.2) is 0 Å². The molecule has 1 aliphatic carbocycles. The Morgan fingerprint density at radius 1 is 1.10 bits per heavy atom. The zero-order valence-electron chi connectivity index (χ0n) is 16.1. The van der Waals surface area contributed by atoms with E-state index in [0.29, 0.717) is 11.4 Å². The van der Waals surface area contributed by atoms with Crippen molar-refractivity contribution in [3.63, 3.8) is 0 Å². The third kappa shape index (κ3) is 4.70. The molecule has 1 saturated carbocycles. The standard InChI is InChI=1S/C23H23FN2O2S/c24-17-12-10-16(11-13-17)15-26-19-8-4-5-9-20(19)29-21(23(26)28)14-22(27)25-18-6-2-1-3-7-18/h4-5,8-14,18H,1-3,6-7,15H2,(H,25,27). The lowest BCUT2D eigenvalue weighted by Gasteiger charge is -2.30. The highest BCUT2D eigenvalue weighted by molar-refractivity contribution is 8.04. The lowest BCUT2D eigenvalue weighted by atomic mass is 9.95. The van der Waals surface area contributed by atoms with Gasteiger partial charge in [-0.1, -0.05) is 55.3 Å². The highest BCUT2D eigenvalue weighted by atomic mass is 32.2. The minimum atomic E-state index is -0.311. The van der Waals surface area contributed by atoms with Crippen molar-refractivity contribution in [1.29, 1.82) is 0 Å². The van der Waals surface area contributed by atoms with Gasteiger partial charge in [0.05, 0.1) is 17.1 Å². The Labute approximate surface area is 174 Å². The molecule has 0 bridgehead atoms. The fourth-order valence-electron chi connectivity index (χ4n) is 3.80. The fourth-order valence-corrected chi connectivity index (χ4v) is 4.83. The summed E-state index contributed by atoms with van der Waals surface area (Å²) >= 11 is 1.32. The summed E-state index contributed by atoms with van der Waals surface area (Å²) in [7, 11) is 0. The lowest BCUT2D eigenvalue weighted by molar-refractivity contribution is -0.118. The number of para-hydroxylation sites is 1. The van der Waals surface area contributed by atoms with Crippen LogP contribution in [0.25, 0.3) is 0 Å². The van der Waals surface area contributed by atoms with Crippen molar-refractivity contribution in [2.75, 3.05) is 4.90 Å². The molecule has 2 amide bonds. The number of carbonyl (C=O) groups excluding carboxylic acids is 2. The molecule has 4 nitrogen and oxygen atoms in total. The molecule has 1 heterocycles. The van der Waals surface area contributed by atoms with Crippen LogP contribution in [0.1, 0.15) is 37.7 Å². The second kappa shape index (κ2) is 8.82. The summed E-state index contributed by atoms with van der Waals surface area (Å²) in [4.78, 5) is 28.7. The van der Waals surface area contributed by atoms with Gasteiger partial charge in [-0.25, -0.2) is 4.39 Å². The number of fused-ring (bicyclic) bond motifs is 1. The molecule has 2 aromatic carbocycles. The van der Waals surface area contributed by atoms with Crippen LogP contribution in [0, 0.1) is 5.82 Å². The summed E-state index contributed by atoms with van der Waals surface area (Å²) < 4.78 is 13.2. The molecule has 0 unspecified atom stereocenters. The molecule has 29 heavy (non-hydrogen) atoms. The molecular formula is C23H23FN2O2S. The molecule has 2 aromatic rings. The zero-order valence-corrected chi connectivity index (χ0v) is 16.9. The first-order chi connectivity index (χ1) is 14.1. The van der Waals surface area contributed by atoms with Gasteiger partial charge in [-0.3, -0.25) is 9.59 Å². The van der Waals surface area contributed by atoms with Crippen LogP contribution in [-0.4, -0.2) is 17.9 Å². The third-order valence-electron chi connectivity index (χ3n) is 5.30.